The number of amides is 2. The summed E-state index contributed by atoms with van der Waals surface area (Å²) in [6.45, 7) is 2.25. The van der Waals surface area contributed by atoms with Gasteiger partial charge in [-0.05, 0) is 67.2 Å². The normalized spacial score (nSPS) is 15.0. The summed E-state index contributed by atoms with van der Waals surface area (Å²) < 4.78 is 16.3. The number of benzene rings is 1. The van der Waals surface area contributed by atoms with Crippen LogP contribution in [0.5, 0.6) is 0 Å². The van der Waals surface area contributed by atoms with Gasteiger partial charge in [-0.25, -0.2) is 14.2 Å². The van der Waals surface area contributed by atoms with Crippen LogP contribution in [-0.2, 0) is 6.54 Å². The van der Waals surface area contributed by atoms with Gasteiger partial charge in [0.2, 0.25) is 0 Å². The summed E-state index contributed by atoms with van der Waals surface area (Å²) in [7, 11) is 0. The summed E-state index contributed by atoms with van der Waals surface area (Å²) in [5, 5.41) is 8.64. The average Bonchev–Trinajstić information content (AvgIpc) is 3.16. The van der Waals surface area contributed by atoms with Crippen LogP contribution in [0.1, 0.15) is 29.9 Å². The standard InChI is InChI=1S/C20H22FN5O/c21-17-12-16(15-3-6-22-7-4-15)1-2-18(17)25-20(27)24-13-14-5-9-26-10-8-23-19(26)11-14/h1-2,5,8-12,15,22H,3-4,6-7,13H2,(H2,24,25,27). The number of carbonyl (C=O) groups is 1. The summed E-state index contributed by atoms with van der Waals surface area (Å²) in [4.78, 5) is 16.3. The Labute approximate surface area is 156 Å². The third-order valence-electron chi connectivity index (χ3n) is 4.97. The molecule has 0 radical (unpaired) electrons. The fourth-order valence-electron chi connectivity index (χ4n) is 3.45. The van der Waals surface area contributed by atoms with Gasteiger partial charge in [-0.3, -0.25) is 0 Å². The minimum atomic E-state index is -0.438. The Hall–Kier alpha value is -2.93. The first-order valence-electron chi connectivity index (χ1n) is 9.16. The number of fused-ring (bicyclic) bond motifs is 1. The van der Waals surface area contributed by atoms with E-state index in [9.17, 15) is 9.18 Å². The van der Waals surface area contributed by atoms with Crippen LogP contribution >= 0.6 is 0 Å². The van der Waals surface area contributed by atoms with E-state index >= 15 is 0 Å². The molecule has 2 amide bonds. The number of hydrogen-bond acceptors (Lipinski definition) is 3. The van der Waals surface area contributed by atoms with Gasteiger partial charge in [0.15, 0.2) is 0 Å². The largest absolute Gasteiger partial charge is 0.334 e. The van der Waals surface area contributed by atoms with Gasteiger partial charge in [0, 0.05) is 25.1 Å². The first kappa shape index (κ1) is 17.5. The number of pyridine rings is 1. The molecule has 7 heteroatoms. The van der Waals surface area contributed by atoms with E-state index < -0.39 is 11.8 Å². The lowest BCUT2D eigenvalue weighted by Crippen LogP contribution is -2.29. The van der Waals surface area contributed by atoms with Crippen molar-refractivity contribution >= 4 is 17.4 Å². The maximum atomic E-state index is 14.4. The highest BCUT2D eigenvalue weighted by Crippen LogP contribution is 2.27. The zero-order valence-corrected chi connectivity index (χ0v) is 14.9. The number of rotatable bonds is 4. The average molecular weight is 367 g/mol. The van der Waals surface area contributed by atoms with Crippen molar-refractivity contribution in [1.82, 2.24) is 20.0 Å². The topological polar surface area (TPSA) is 70.5 Å². The molecule has 1 fully saturated rings. The van der Waals surface area contributed by atoms with Gasteiger partial charge < -0.3 is 20.4 Å². The van der Waals surface area contributed by atoms with E-state index in [2.05, 4.69) is 20.9 Å². The second-order valence-electron chi connectivity index (χ2n) is 6.80. The predicted octanol–water partition coefficient (Wildman–Crippen LogP) is 3.26. The Morgan fingerprint density at radius 2 is 2.07 bits per heavy atom. The van der Waals surface area contributed by atoms with Crippen molar-refractivity contribution in [2.24, 2.45) is 0 Å². The van der Waals surface area contributed by atoms with E-state index in [-0.39, 0.29) is 5.69 Å². The molecule has 27 heavy (non-hydrogen) atoms. The van der Waals surface area contributed by atoms with E-state index in [1.54, 1.807) is 12.3 Å². The minimum Gasteiger partial charge on any atom is -0.334 e. The molecule has 1 aromatic carbocycles. The van der Waals surface area contributed by atoms with Crippen LogP contribution in [-0.4, -0.2) is 28.5 Å². The molecule has 3 N–H and O–H groups in total. The number of carbonyl (C=O) groups excluding carboxylic acids is 1. The molecule has 140 valence electrons. The molecule has 6 nitrogen and oxygen atoms in total. The van der Waals surface area contributed by atoms with Gasteiger partial charge in [0.25, 0.3) is 0 Å². The van der Waals surface area contributed by atoms with E-state index in [1.807, 2.05) is 35.0 Å². The number of piperidine rings is 1. The van der Waals surface area contributed by atoms with E-state index in [0.717, 1.165) is 42.7 Å². The number of halogens is 1. The molecule has 3 aromatic rings. The molecule has 0 aliphatic carbocycles. The van der Waals surface area contributed by atoms with Gasteiger partial charge in [-0.15, -0.1) is 0 Å². The molecule has 0 bridgehead atoms. The lowest BCUT2D eigenvalue weighted by molar-refractivity contribution is 0.251. The first-order chi connectivity index (χ1) is 13.2. The Morgan fingerprint density at radius 1 is 1.22 bits per heavy atom. The van der Waals surface area contributed by atoms with Crippen LogP contribution < -0.4 is 16.0 Å². The summed E-state index contributed by atoms with van der Waals surface area (Å²) >= 11 is 0. The van der Waals surface area contributed by atoms with Crippen LogP contribution in [0.2, 0.25) is 0 Å². The first-order valence-corrected chi connectivity index (χ1v) is 9.16. The highest BCUT2D eigenvalue weighted by molar-refractivity contribution is 5.89. The Balaban J connectivity index is 1.35. The fourth-order valence-corrected chi connectivity index (χ4v) is 3.45. The van der Waals surface area contributed by atoms with Crippen LogP contribution in [0.4, 0.5) is 14.9 Å². The quantitative estimate of drug-likeness (QED) is 0.663. The van der Waals surface area contributed by atoms with Crippen molar-refractivity contribution in [3.05, 3.63) is 65.9 Å². The second kappa shape index (κ2) is 7.75. The van der Waals surface area contributed by atoms with E-state index in [0.29, 0.717) is 12.5 Å². The van der Waals surface area contributed by atoms with Gasteiger partial charge >= 0.3 is 6.03 Å². The Morgan fingerprint density at radius 3 is 2.89 bits per heavy atom. The number of urea groups is 1. The van der Waals surface area contributed by atoms with Gasteiger partial charge in [-0.1, -0.05) is 6.07 Å². The summed E-state index contributed by atoms with van der Waals surface area (Å²) in [6, 6.07) is 8.45. The molecular formula is C20H22FN5O. The summed E-state index contributed by atoms with van der Waals surface area (Å²) in [6.07, 6.45) is 7.47. The molecule has 1 saturated heterocycles. The van der Waals surface area contributed by atoms with Gasteiger partial charge in [0.05, 0.1) is 5.69 Å². The summed E-state index contributed by atoms with van der Waals surface area (Å²) in [5.74, 6) is -0.0267. The number of nitrogens with zero attached hydrogens (tertiary/aromatic N) is 2. The molecule has 0 atom stereocenters. The number of anilines is 1. The van der Waals surface area contributed by atoms with Crippen LogP contribution in [0.25, 0.3) is 5.65 Å². The SMILES string of the molecule is O=C(NCc1ccn2ccnc2c1)Nc1ccc(C2CCNCC2)cc1F. The van der Waals surface area contributed by atoms with Crippen molar-refractivity contribution in [2.75, 3.05) is 18.4 Å². The number of hydrogen-bond donors (Lipinski definition) is 3. The number of imidazole rings is 1. The third kappa shape index (κ3) is 4.09. The second-order valence-corrected chi connectivity index (χ2v) is 6.80. The van der Waals surface area contributed by atoms with Crippen LogP contribution in [0.15, 0.2) is 48.9 Å². The molecule has 2 aromatic heterocycles. The molecule has 3 heterocycles. The maximum absolute atomic E-state index is 14.4. The fraction of sp³-hybridized carbons (Fsp3) is 0.300. The minimum absolute atomic E-state index is 0.189. The molecule has 0 unspecified atom stereocenters. The number of aromatic nitrogens is 2. The molecule has 0 saturated carbocycles. The van der Waals surface area contributed by atoms with Crippen molar-refractivity contribution in [3.8, 4) is 0 Å². The zero-order valence-electron chi connectivity index (χ0n) is 14.9. The highest BCUT2D eigenvalue weighted by Gasteiger charge is 2.17. The number of nitrogens with one attached hydrogen (secondary N) is 3. The molecule has 4 rings (SSSR count). The Bertz CT molecular complexity index is 948. The van der Waals surface area contributed by atoms with Gasteiger partial charge in [-0.2, -0.15) is 0 Å². The van der Waals surface area contributed by atoms with Gasteiger partial charge in [0.1, 0.15) is 11.5 Å². The van der Waals surface area contributed by atoms with Crippen molar-refractivity contribution in [1.29, 1.82) is 0 Å². The van der Waals surface area contributed by atoms with Crippen LogP contribution in [0, 0.1) is 5.82 Å². The van der Waals surface area contributed by atoms with E-state index in [1.165, 1.54) is 6.07 Å². The monoisotopic (exact) mass is 367 g/mol. The summed E-state index contributed by atoms with van der Waals surface area (Å²) in [5.41, 5.74) is 2.92. The molecule has 0 spiro atoms. The van der Waals surface area contributed by atoms with Crippen molar-refractivity contribution in [3.63, 3.8) is 0 Å². The maximum Gasteiger partial charge on any atom is 0.319 e. The molecular weight excluding hydrogens is 345 g/mol. The van der Waals surface area contributed by atoms with Crippen molar-refractivity contribution < 1.29 is 9.18 Å². The third-order valence-corrected chi connectivity index (χ3v) is 4.97. The smallest absolute Gasteiger partial charge is 0.319 e. The van der Waals surface area contributed by atoms with Crippen molar-refractivity contribution in [2.45, 2.75) is 25.3 Å². The lowest BCUT2D eigenvalue weighted by Gasteiger charge is -2.23. The molecule has 1 aliphatic heterocycles. The zero-order chi connectivity index (χ0) is 18.6. The lowest BCUT2D eigenvalue weighted by atomic mass is 9.90. The van der Waals surface area contributed by atoms with E-state index in [4.69, 9.17) is 0 Å². The highest BCUT2D eigenvalue weighted by atomic mass is 19.1. The van der Waals surface area contributed by atoms with Crippen LogP contribution in [0.3, 0.4) is 0 Å². The predicted molar refractivity (Wildman–Crippen MR) is 102 cm³/mol. The Kier molecular flexibility index (Phi) is 5.02. The molecule has 1 aliphatic rings.